The van der Waals surface area contributed by atoms with Crippen LogP contribution in [0.2, 0.25) is 0 Å². The molecule has 0 atom stereocenters. The number of rotatable bonds is 0. The topological polar surface area (TPSA) is 49.9 Å². The quantitative estimate of drug-likeness (QED) is 0.198. The van der Waals surface area contributed by atoms with Crippen molar-refractivity contribution in [3.63, 3.8) is 0 Å². The number of nitrogens with two attached hydrogens (primary N) is 1. The summed E-state index contributed by atoms with van der Waals surface area (Å²) in [4.78, 5) is 0. The molecule has 46 valence electrons. The fraction of sp³-hybridized carbons (Fsp3) is 0. The molecule has 3 N–H and O–H groups in total. The molecule has 0 rings (SSSR count). The summed E-state index contributed by atoms with van der Waals surface area (Å²) >= 11 is 0. The van der Waals surface area contributed by atoms with Gasteiger partial charge in [0, 0.05) is 27.3 Å². The summed E-state index contributed by atoms with van der Waals surface area (Å²) in [5.74, 6) is 0. The molecule has 0 saturated carbocycles. The molecule has 2 nitrogen and oxygen atoms in total. The van der Waals surface area contributed by atoms with Crippen LogP contribution in [-0.4, -0.2) is 33.6 Å². The maximum absolute atomic E-state index is 5.86. The van der Waals surface area contributed by atoms with Gasteiger partial charge in [0.05, 0.1) is 6.34 Å². The summed E-state index contributed by atoms with van der Waals surface area (Å²) in [6.07, 6.45) is 0.750. The predicted molar refractivity (Wildman–Crippen MR) is 18.7 cm³/mol. The Kier molecular flexibility index (Phi) is 240. The average molecular weight is 491 g/mol. The SMILES string of the molecule is N=CN.[Br-].[Br-].[Br-].[Pb]. The molecule has 6 heteroatoms. The molecule has 0 aromatic carbocycles. The van der Waals surface area contributed by atoms with Crippen LogP contribution in [0.5, 0.6) is 0 Å². The largest absolute Gasteiger partial charge is 1.00 e. The normalized spacial score (nSPS) is 1.71. The predicted octanol–water partition coefficient (Wildman–Crippen LogP) is -9.82. The van der Waals surface area contributed by atoms with Crippen molar-refractivity contribution in [1.82, 2.24) is 0 Å². The molecule has 0 amide bonds. The van der Waals surface area contributed by atoms with Crippen molar-refractivity contribution in [1.29, 1.82) is 5.41 Å². The molecule has 7 heavy (non-hydrogen) atoms. The first kappa shape index (κ1) is 36.9. The van der Waals surface area contributed by atoms with Crippen LogP contribution in [-0.2, 0) is 0 Å². The monoisotopic (exact) mass is 489 g/mol. The van der Waals surface area contributed by atoms with Gasteiger partial charge in [-0.1, -0.05) is 0 Å². The van der Waals surface area contributed by atoms with Gasteiger partial charge >= 0.3 is 0 Å². The van der Waals surface area contributed by atoms with Gasteiger partial charge in [-0.05, 0) is 0 Å². The van der Waals surface area contributed by atoms with Crippen molar-refractivity contribution in [2.24, 2.45) is 5.73 Å². The zero-order valence-electron chi connectivity index (χ0n) is 3.29. The fourth-order valence-electron chi connectivity index (χ4n) is 0. The van der Waals surface area contributed by atoms with E-state index in [1.165, 1.54) is 0 Å². The summed E-state index contributed by atoms with van der Waals surface area (Å²) in [7, 11) is 0. The van der Waals surface area contributed by atoms with Gasteiger partial charge in [-0.15, -0.1) is 0 Å². The minimum absolute atomic E-state index is 0. The Morgan fingerprint density at radius 3 is 1.14 bits per heavy atom. The average Bonchev–Trinajstić information content (AvgIpc) is 0.918. The zero-order chi connectivity index (χ0) is 2.71. The van der Waals surface area contributed by atoms with E-state index in [0.717, 1.165) is 6.34 Å². The number of hydrogen-bond donors (Lipinski definition) is 2. The minimum Gasteiger partial charge on any atom is -1.00 e. The van der Waals surface area contributed by atoms with Gasteiger partial charge in [0.15, 0.2) is 0 Å². The second-order valence-corrected chi connectivity index (χ2v) is 0.167. The Hall–Kier alpha value is 1.83. The minimum atomic E-state index is 0. The third-order valence-electron chi connectivity index (χ3n) is 0. The van der Waals surface area contributed by atoms with Crippen LogP contribution in [0, 0.1) is 5.41 Å². The van der Waals surface area contributed by atoms with Crippen LogP contribution in [0.15, 0.2) is 0 Å². The molecule has 0 fully saturated rings. The zero-order valence-corrected chi connectivity index (χ0v) is 11.9. The van der Waals surface area contributed by atoms with E-state index in [4.69, 9.17) is 5.41 Å². The maximum Gasteiger partial charge on any atom is 0.0765 e. The number of nitrogens with one attached hydrogen (secondary N) is 1. The molecule has 0 heterocycles. The van der Waals surface area contributed by atoms with E-state index in [-0.39, 0.29) is 78.2 Å². The molecular formula is CH4Br3N2Pb-3. The van der Waals surface area contributed by atoms with Crippen molar-refractivity contribution in [3.05, 3.63) is 0 Å². The molecule has 0 aromatic heterocycles. The second kappa shape index (κ2) is 45.6. The first-order valence-corrected chi connectivity index (χ1v) is 0.622. The first-order chi connectivity index (χ1) is 1.41. The van der Waals surface area contributed by atoms with Crippen LogP contribution in [0.1, 0.15) is 0 Å². The molecule has 0 aliphatic rings. The van der Waals surface area contributed by atoms with Crippen molar-refractivity contribution < 1.29 is 50.9 Å². The third-order valence-corrected chi connectivity index (χ3v) is 0. The Balaban J connectivity index is -0.00000000333. The Morgan fingerprint density at radius 1 is 1.14 bits per heavy atom. The summed E-state index contributed by atoms with van der Waals surface area (Å²) in [5.41, 5.74) is 4.39. The van der Waals surface area contributed by atoms with Gasteiger partial charge < -0.3 is 56.7 Å². The fourth-order valence-corrected chi connectivity index (χ4v) is 0. The van der Waals surface area contributed by atoms with Crippen molar-refractivity contribution in [2.75, 3.05) is 0 Å². The van der Waals surface area contributed by atoms with Gasteiger partial charge in [-0.3, -0.25) is 5.41 Å². The number of hydrogen-bond acceptors (Lipinski definition) is 1. The van der Waals surface area contributed by atoms with Crippen LogP contribution in [0.3, 0.4) is 0 Å². The van der Waals surface area contributed by atoms with Crippen LogP contribution >= 0.6 is 0 Å². The van der Waals surface area contributed by atoms with Crippen molar-refractivity contribution in [3.8, 4) is 0 Å². The van der Waals surface area contributed by atoms with Gasteiger partial charge in [0.25, 0.3) is 0 Å². The molecule has 0 aliphatic heterocycles. The molecule has 0 spiro atoms. The standard InChI is InChI=1S/CH4N2.3BrH.Pb/c2-1-3;;;;/h1H,(H3,2,3);3*1H;/p-3. The molecule has 0 bridgehead atoms. The maximum atomic E-state index is 5.86. The van der Waals surface area contributed by atoms with Crippen molar-refractivity contribution in [2.45, 2.75) is 0 Å². The van der Waals surface area contributed by atoms with Gasteiger partial charge in [0.2, 0.25) is 0 Å². The van der Waals surface area contributed by atoms with Crippen LogP contribution < -0.4 is 56.7 Å². The Labute approximate surface area is 94.6 Å². The van der Waals surface area contributed by atoms with Crippen LogP contribution in [0.4, 0.5) is 0 Å². The Bertz CT molecular complexity index is 20.4. The van der Waals surface area contributed by atoms with Crippen molar-refractivity contribution >= 4 is 33.6 Å². The molecule has 4 radical (unpaired) electrons. The summed E-state index contributed by atoms with van der Waals surface area (Å²) in [6, 6.07) is 0. The first-order valence-electron chi connectivity index (χ1n) is 0.622. The van der Waals surface area contributed by atoms with Gasteiger partial charge in [-0.25, -0.2) is 0 Å². The van der Waals surface area contributed by atoms with Gasteiger partial charge in [0.1, 0.15) is 0 Å². The molecule has 0 aromatic rings. The van der Waals surface area contributed by atoms with E-state index in [0.29, 0.717) is 0 Å². The van der Waals surface area contributed by atoms with Crippen LogP contribution in [0.25, 0.3) is 0 Å². The molecule has 0 aliphatic carbocycles. The van der Waals surface area contributed by atoms with E-state index in [2.05, 4.69) is 5.73 Å². The third kappa shape index (κ3) is 79.4. The molecule has 0 unspecified atom stereocenters. The molecule has 0 saturated heterocycles. The summed E-state index contributed by atoms with van der Waals surface area (Å²) < 4.78 is 0. The second-order valence-electron chi connectivity index (χ2n) is 0.167. The van der Waals surface area contributed by atoms with E-state index in [1.807, 2.05) is 0 Å². The Morgan fingerprint density at radius 2 is 1.14 bits per heavy atom. The summed E-state index contributed by atoms with van der Waals surface area (Å²) in [6.45, 7) is 0. The van der Waals surface area contributed by atoms with E-state index >= 15 is 0 Å². The number of halogens is 3. The molecular weight excluding hydrogens is 487 g/mol. The van der Waals surface area contributed by atoms with E-state index in [1.54, 1.807) is 0 Å². The summed E-state index contributed by atoms with van der Waals surface area (Å²) in [5, 5.41) is 5.86. The van der Waals surface area contributed by atoms with Gasteiger partial charge in [-0.2, -0.15) is 0 Å². The van der Waals surface area contributed by atoms with E-state index < -0.39 is 0 Å². The van der Waals surface area contributed by atoms with E-state index in [9.17, 15) is 0 Å². The smallest absolute Gasteiger partial charge is 0.0765 e.